The van der Waals surface area contributed by atoms with Gasteiger partial charge in [0, 0.05) is 5.02 Å². The van der Waals surface area contributed by atoms with Crippen molar-refractivity contribution in [1.82, 2.24) is 4.98 Å². The van der Waals surface area contributed by atoms with Crippen LogP contribution < -0.4 is 5.32 Å². The van der Waals surface area contributed by atoms with E-state index in [-0.39, 0.29) is 5.91 Å². The van der Waals surface area contributed by atoms with Gasteiger partial charge in [0.2, 0.25) is 5.91 Å². The van der Waals surface area contributed by atoms with Gasteiger partial charge in [-0.05, 0) is 30.7 Å². The number of fused-ring (bicyclic) bond motifs is 1. The number of aryl methyl sites for hydroxylation is 1. The first-order chi connectivity index (χ1) is 10.1. The van der Waals surface area contributed by atoms with Gasteiger partial charge in [0.25, 0.3) is 0 Å². The van der Waals surface area contributed by atoms with E-state index in [0.29, 0.717) is 16.6 Å². The molecule has 0 atom stereocenters. The summed E-state index contributed by atoms with van der Waals surface area (Å²) in [6, 6.07) is 13.4. The lowest BCUT2D eigenvalue weighted by Gasteiger charge is -2.02. The van der Waals surface area contributed by atoms with Crippen LogP contribution in [0.3, 0.4) is 0 Å². The van der Waals surface area contributed by atoms with E-state index in [2.05, 4.69) is 10.3 Å². The third kappa shape index (κ3) is 3.40. The zero-order valence-electron chi connectivity index (χ0n) is 11.4. The first-order valence-electron chi connectivity index (χ1n) is 6.52. The van der Waals surface area contributed by atoms with Crippen molar-refractivity contribution in [2.45, 2.75) is 13.3 Å². The largest absolute Gasteiger partial charge is 0.302 e. The molecule has 0 bridgehead atoms. The zero-order chi connectivity index (χ0) is 14.8. The molecular formula is C16H13ClN2OS. The highest BCUT2D eigenvalue weighted by Gasteiger charge is 2.09. The minimum absolute atomic E-state index is 0.0657. The lowest BCUT2D eigenvalue weighted by molar-refractivity contribution is -0.115. The number of aromatic nitrogens is 1. The van der Waals surface area contributed by atoms with Crippen LogP contribution in [-0.4, -0.2) is 10.9 Å². The average molecular weight is 317 g/mol. The molecule has 0 aliphatic heterocycles. The molecule has 106 valence electrons. The van der Waals surface area contributed by atoms with Crippen molar-refractivity contribution < 1.29 is 4.79 Å². The van der Waals surface area contributed by atoms with Gasteiger partial charge in [-0.15, -0.1) is 0 Å². The van der Waals surface area contributed by atoms with Crippen LogP contribution in [-0.2, 0) is 11.2 Å². The Hall–Kier alpha value is -1.91. The first-order valence-corrected chi connectivity index (χ1v) is 7.71. The topological polar surface area (TPSA) is 42.0 Å². The van der Waals surface area contributed by atoms with Gasteiger partial charge in [-0.1, -0.05) is 52.8 Å². The number of hydrogen-bond donors (Lipinski definition) is 1. The average Bonchev–Trinajstić information content (AvgIpc) is 2.82. The summed E-state index contributed by atoms with van der Waals surface area (Å²) >= 11 is 7.37. The first kappa shape index (κ1) is 14.0. The van der Waals surface area contributed by atoms with Gasteiger partial charge in [0.1, 0.15) is 0 Å². The molecule has 1 heterocycles. The lowest BCUT2D eigenvalue weighted by Crippen LogP contribution is -2.14. The van der Waals surface area contributed by atoms with Crippen LogP contribution in [0, 0.1) is 6.92 Å². The predicted octanol–water partition coefficient (Wildman–Crippen LogP) is 4.44. The number of nitrogens with one attached hydrogen (secondary N) is 1. The van der Waals surface area contributed by atoms with Gasteiger partial charge in [-0.25, -0.2) is 4.98 Å². The predicted molar refractivity (Wildman–Crippen MR) is 88.1 cm³/mol. The minimum Gasteiger partial charge on any atom is -0.302 e. The summed E-state index contributed by atoms with van der Waals surface area (Å²) in [5.74, 6) is -0.0657. The Kier molecular flexibility index (Phi) is 3.90. The van der Waals surface area contributed by atoms with Crippen LogP contribution in [0.2, 0.25) is 5.02 Å². The molecule has 0 aliphatic rings. The lowest BCUT2D eigenvalue weighted by atomic mass is 10.1. The summed E-state index contributed by atoms with van der Waals surface area (Å²) in [6.07, 6.45) is 0.344. The summed E-state index contributed by atoms with van der Waals surface area (Å²) in [6.45, 7) is 2.02. The fourth-order valence-corrected chi connectivity index (χ4v) is 3.16. The van der Waals surface area contributed by atoms with Gasteiger partial charge in [0.05, 0.1) is 16.6 Å². The Morgan fingerprint density at radius 2 is 2.00 bits per heavy atom. The van der Waals surface area contributed by atoms with Crippen LogP contribution >= 0.6 is 22.9 Å². The quantitative estimate of drug-likeness (QED) is 0.776. The van der Waals surface area contributed by atoms with E-state index >= 15 is 0 Å². The molecule has 0 unspecified atom stereocenters. The van der Waals surface area contributed by atoms with Crippen molar-refractivity contribution in [3.63, 3.8) is 0 Å². The molecule has 3 rings (SSSR count). The number of amides is 1. The third-order valence-electron chi connectivity index (χ3n) is 3.08. The molecule has 0 saturated heterocycles. The molecule has 0 aliphatic carbocycles. The molecule has 5 heteroatoms. The van der Waals surface area contributed by atoms with Crippen molar-refractivity contribution in [3.05, 3.63) is 58.6 Å². The summed E-state index contributed by atoms with van der Waals surface area (Å²) < 4.78 is 0.966. The van der Waals surface area contributed by atoms with Crippen LogP contribution in [0.1, 0.15) is 11.1 Å². The number of benzene rings is 2. The molecule has 2 aromatic carbocycles. The molecular weight excluding hydrogens is 304 g/mol. The summed E-state index contributed by atoms with van der Waals surface area (Å²) in [4.78, 5) is 16.4. The number of nitrogens with zero attached hydrogens (tertiary/aromatic N) is 1. The highest BCUT2D eigenvalue weighted by atomic mass is 35.5. The van der Waals surface area contributed by atoms with Gasteiger partial charge >= 0.3 is 0 Å². The van der Waals surface area contributed by atoms with E-state index < -0.39 is 0 Å². The monoisotopic (exact) mass is 316 g/mol. The number of carbonyl (C=O) groups excluding carboxylic acids is 1. The molecule has 1 amide bonds. The minimum atomic E-state index is -0.0657. The van der Waals surface area contributed by atoms with Gasteiger partial charge in [-0.3, -0.25) is 4.79 Å². The number of hydrogen-bond acceptors (Lipinski definition) is 3. The molecule has 21 heavy (non-hydrogen) atoms. The summed E-state index contributed by atoms with van der Waals surface area (Å²) in [5.41, 5.74) is 3.01. The number of thiazole rings is 1. The van der Waals surface area contributed by atoms with Crippen molar-refractivity contribution in [3.8, 4) is 0 Å². The number of carbonyl (C=O) groups is 1. The molecule has 3 nitrogen and oxygen atoms in total. The normalized spacial score (nSPS) is 10.8. The van der Waals surface area contributed by atoms with Crippen molar-refractivity contribution in [1.29, 1.82) is 0 Å². The van der Waals surface area contributed by atoms with Gasteiger partial charge in [0.15, 0.2) is 5.13 Å². The Morgan fingerprint density at radius 1 is 1.24 bits per heavy atom. The van der Waals surface area contributed by atoms with Crippen LogP contribution in [0.15, 0.2) is 42.5 Å². The Morgan fingerprint density at radius 3 is 2.76 bits per heavy atom. The maximum Gasteiger partial charge on any atom is 0.230 e. The van der Waals surface area contributed by atoms with E-state index in [1.165, 1.54) is 16.9 Å². The highest BCUT2D eigenvalue weighted by molar-refractivity contribution is 7.22. The van der Waals surface area contributed by atoms with E-state index in [1.54, 1.807) is 6.07 Å². The molecule has 1 aromatic heterocycles. The fraction of sp³-hybridized carbons (Fsp3) is 0.125. The SMILES string of the molecule is Cc1ccc(CC(=O)Nc2nc3ccc(Cl)cc3s2)cc1. The second kappa shape index (κ2) is 5.84. The molecule has 0 fully saturated rings. The molecule has 0 saturated carbocycles. The molecule has 0 spiro atoms. The van der Waals surface area contributed by atoms with Crippen molar-refractivity contribution >= 4 is 44.2 Å². The Labute approximate surface area is 131 Å². The van der Waals surface area contributed by atoms with Crippen molar-refractivity contribution in [2.24, 2.45) is 0 Å². The fourth-order valence-electron chi connectivity index (χ4n) is 2.01. The van der Waals surface area contributed by atoms with Gasteiger partial charge < -0.3 is 5.32 Å². The number of halogens is 1. The second-order valence-corrected chi connectivity index (χ2v) is 6.31. The third-order valence-corrected chi connectivity index (χ3v) is 4.25. The van der Waals surface area contributed by atoms with Crippen molar-refractivity contribution in [2.75, 3.05) is 5.32 Å². The Balaban J connectivity index is 1.72. The van der Waals surface area contributed by atoms with E-state index in [0.717, 1.165) is 15.8 Å². The number of rotatable bonds is 3. The second-order valence-electron chi connectivity index (χ2n) is 4.84. The van der Waals surface area contributed by atoms with Gasteiger partial charge in [-0.2, -0.15) is 0 Å². The van der Waals surface area contributed by atoms with E-state index in [1.807, 2.05) is 43.3 Å². The molecule has 3 aromatic rings. The molecule has 1 N–H and O–H groups in total. The van der Waals surface area contributed by atoms with E-state index in [4.69, 9.17) is 11.6 Å². The van der Waals surface area contributed by atoms with E-state index in [9.17, 15) is 4.79 Å². The summed E-state index contributed by atoms with van der Waals surface area (Å²) in [5, 5.41) is 4.11. The number of anilines is 1. The highest BCUT2D eigenvalue weighted by Crippen LogP contribution is 2.28. The van der Waals surface area contributed by atoms with Crippen LogP contribution in [0.4, 0.5) is 5.13 Å². The zero-order valence-corrected chi connectivity index (χ0v) is 13.0. The smallest absolute Gasteiger partial charge is 0.230 e. The maximum atomic E-state index is 12.0. The summed E-state index contributed by atoms with van der Waals surface area (Å²) in [7, 11) is 0. The molecule has 0 radical (unpaired) electrons. The standard InChI is InChI=1S/C16H13ClN2OS/c1-10-2-4-11(5-3-10)8-15(20)19-16-18-13-7-6-12(17)9-14(13)21-16/h2-7,9H,8H2,1H3,(H,18,19,20). The van der Waals surface area contributed by atoms with Crippen LogP contribution in [0.25, 0.3) is 10.2 Å². The van der Waals surface area contributed by atoms with Crippen LogP contribution in [0.5, 0.6) is 0 Å². The Bertz CT molecular complexity index is 796. The maximum absolute atomic E-state index is 12.0.